The average molecular weight is 577 g/mol. The van der Waals surface area contributed by atoms with Crippen LogP contribution in [0, 0.1) is 23.2 Å². The zero-order chi connectivity index (χ0) is 29.9. The van der Waals surface area contributed by atoms with Crippen LogP contribution in [-0.4, -0.2) is 76.8 Å². The molecule has 3 aromatic rings. The molecule has 12 heteroatoms. The minimum Gasteiger partial charge on any atom is -0.396 e. The van der Waals surface area contributed by atoms with Gasteiger partial charge in [-0.15, -0.1) is 0 Å². The van der Waals surface area contributed by atoms with E-state index >= 15 is 0 Å². The Morgan fingerprint density at radius 2 is 2.07 bits per heavy atom. The molecule has 0 saturated carbocycles. The van der Waals surface area contributed by atoms with E-state index in [9.17, 15) is 19.1 Å². The number of benzene rings is 1. The zero-order valence-electron chi connectivity index (χ0n) is 24.6. The van der Waals surface area contributed by atoms with E-state index in [-0.39, 0.29) is 13.2 Å². The largest absolute Gasteiger partial charge is 0.396 e. The van der Waals surface area contributed by atoms with Gasteiger partial charge >= 0.3 is 0 Å². The Bertz CT molecular complexity index is 1430. The van der Waals surface area contributed by atoms with Crippen LogP contribution in [0.15, 0.2) is 30.6 Å². The second-order valence-electron chi connectivity index (χ2n) is 12.3. The molecular weight excluding hydrogens is 537 g/mol. The van der Waals surface area contributed by atoms with E-state index in [1.807, 2.05) is 37.1 Å². The van der Waals surface area contributed by atoms with Crippen molar-refractivity contribution in [2.45, 2.75) is 57.8 Å². The summed E-state index contributed by atoms with van der Waals surface area (Å²) in [6.45, 7) is 6.90. The van der Waals surface area contributed by atoms with E-state index in [0.29, 0.717) is 48.7 Å². The molecule has 0 aliphatic carbocycles. The maximum atomic E-state index is 12.8. The van der Waals surface area contributed by atoms with Gasteiger partial charge in [0.2, 0.25) is 5.95 Å². The molecule has 222 valence electrons. The van der Waals surface area contributed by atoms with Crippen molar-refractivity contribution in [3.05, 3.63) is 47.4 Å². The molecule has 9 nitrogen and oxygen atoms in total. The van der Waals surface area contributed by atoms with Crippen molar-refractivity contribution >= 4 is 25.2 Å². The van der Waals surface area contributed by atoms with Crippen LogP contribution in [-0.2, 0) is 18.3 Å². The Morgan fingerprint density at radius 3 is 2.76 bits per heavy atom. The van der Waals surface area contributed by atoms with Gasteiger partial charge in [0, 0.05) is 36.8 Å². The number of fused-ring (bicyclic) bond motifs is 1. The summed E-state index contributed by atoms with van der Waals surface area (Å²) in [5.41, 5.74) is 5.59. The number of aromatic nitrogens is 4. The fraction of sp³-hybridized carbons (Fsp3) is 0.533. The van der Waals surface area contributed by atoms with E-state index in [1.54, 1.807) is 6.20 Å². The first-order chi connectivity index (χ1) is 20.2. The highest BCUT2D eigenvalue weighted by molar-refractivity contribution is 6.18. The van der Waals surface area contributed by atoms with E-state index in [0.717, 1.165) is 60.4 Å². The van der Waals surface area contributed by atoms with Crippen LogP contribution >= 0.6 is 0 Å². The average Bonchev–Trinajstić information content (AvgIpc) is 3.52. The molecule has 2 aliphatic heterocycles. The first kappa shape index (κ1) is 29.9. The minimum atomic E-state index is -2.29. The number of rotatable bonds is 11. The lowest BCUT2D eigenvalue weighted by Gasteiger charge is -2.31. The van der Waals surface area contributed by atoms with Crippen LogP contribution in [0.2, 0.25) is 0 Å². The van der Waals surface area contributed by atoms with E-state index in [2.05, 4.69) is 40.2 Å². The summed E-state index contributed by atoms with van der Waals surface area (Å²) in [6.07, 6.45) is 4.81. The molecule has 0 unspecified atom stereocenters. The highest BCUT2D eigenvalue weighted by Crippen LogP contribution is 2.39. The normalized spacial score (nSPS) is 19.2. The summed E-state index contributed by atoms with van der Waals surface area (Å²) in [5.74, 6) is 1.34. The summed E-state index contributed by atoms with van der Waals surface area (Å²) >= 11 is 0. The molecule has 1 saturated heterocycles. The maximum Gasteiger partial charge on any atom is 0.251 e. The van der Waals surface area contributed by atoms with Crippen molar-refractivity contribution in [2.75, 3.05) is 43.4 Å². The molecule has 3 N–H and O–H groups in total. The molecule has 0 radical (unpaired) electrons. The number of anilines is 3. The SMILES string of the molecule is B[C@]1(CO)CNc2c(C#N)cc(-c3ccnc(Nc4cnn(CC5CCN(CC(F)F)CC5)c4CCC(C)C)n3)cc21. The molecule has 42 heavy (non-hydrogen) atoms. The number of aliphatic hydroxyl groups excluding tert-OH is 1. The topological polar surface area (TPSA) is 115 Å². The van der Waals surface area contributed by atoms with Gasteiger partial charge in [0.25, 0.3) is 6.43 Å². The zero-order valence-corrected chi connectivity index (χ0v) is 24.6. The van der Waals surface area contributed by atoms with Gasteiger partial charge in [0.05, 0.1) is 41.1 Å². The van der Waals surface area contributed by atoms with Gasteiger partial charge in [-0.1, -0.05) is 13.8 Å². The second-order valence-corrected chi connectivity index (χ2v) is 12.3. The lowest BCUT2D eigenvalue weighted by Crippen LogP contribution is -2.38. The van der Waals surface area contributed by atoms with Crippen molar-refractivity contribution in [1.29, 1.82) is 5.26 Å². The minimum absolute atomic E-state index is 0.0319. The number of alkyl halides is 2. The summed E-state index contributed by atoms with van der Waals surface area (Å²) in [6, 6.07) is 7.91. The van der Waals surface area contributed by atoms with Crippen molar-refractivity contribution in [1.82, 2.24) is 24.6 Å². The van der Waals surface area contributed by atoms with Gasteiger partial charge in [-0.3, -0.25) is 9.58 Å². The second kappa shape index (κ2) is 12.8. The predicted molar refractivity (Wildman–Crippen MR) is 162 cm³/mol. The highest BCUT2D eigenvalue weighted by Gasteiger charge is 2.36. The fourth-order valence-corrected chi connectivity index (χ4v) is 5.92. The monoisotopic (exact) mass is 576 g/mol. The molecular formula is C30H39BF2N8O. The number of hydrogen-bond donors (Lipinski definition) is 3. The van der Waals surface area contributed by atoms with Gasteiger partial charge in [-0.2, -0.15) is 10.4 Å². The molecule has 1 fully saturated rings. The van der Waals surface area contributed by atoms with Crippen molar-refractivity contribution < 1.29 is 13.9 Å². The number of piperidine rings is 1. The number of nitrogens with one attached hydrogen (secondary N) is 2. The smallest absolute Gasteiger partial charge is 0.251 e. The van der Waals surface area contributed by atoms with Crippen LogP contribution in [0.3, 0.4) is 0 Å². The summed E-state index contributed by atoms with van der Waals surface area (Å²) in [5, 5.41) is 30.8. The number of nitrogens with zero attached hydrogens (tertiary/aromatic N) is 6. The fourth-order valence-electron chi connectivity index (χ4n) is 5.92. The van der Waals surface area contributed by atoms with Crippen LogP contribution in [0.1, 0.15) is 49.9 Å². The molecule has 5 rings (SSSR count). The molecule has 2 aromatic heterocycles. The highest BCUT2D eigenvalue weighted by atomic mass is 19.3. The molecule has 4 heterocycles. The number of likely N-dealkylation sites (tertiary alicyclic amines) is 1. The number of hydrogen-bond acceptors (Lipinski definition) is 8. The number of nitriles is 1. The summed E-state index contributed by atoms with van der Waals surface area (Å²) < 4.78 is 27.7. The van der Waals surface area contributed by atoms with Crippen molar-refractivity contribution in [3.63, 3.8) is 0 Å². The predicted octanol–water partition coefficient (Wildman–Crippen LogP) is 3.77. The Labute approximate surface area is 246 Å². The first-order valence-corrected chi connectivity index (χ1v) is 14.8. The number of halogens is 2. The third kappa shape index (κ3) is 6.58. The molecule has 0 bridgehead atoms. The van der Waals surface area contributed by atoms with Gasteiger partial charge in [-0.05, 0) is 74.4 Å². The van der Waals surface area contributed by atoms with Gasteiger partial charge in [0.15, 0.2) is 0 Å². The molecule has 1 atom stereocenters. The molecule has 0 spiro atoms. The van der Waals surface area contributed by atoms with Crippen molar-refractivity contribution in [3.8, 4) is 17.3 Å². The van der Waals surface area contributed by atoms with E-state index in [1.165, 1.54) is 0 Å². The van der Waals surface area contributed by atoms with Crippen LogP contribution < -0.4 is 10.6 Å². The quantitative estimate of drug-likeness (QED) is 0.296. The Hall–Kier alpha value is -3.56. The first-order valence-electron chi connectivity index (χ1n) is 14.8. The molecule has 2 aliphatic rings. The summed E-state index contributed by atoms with van der Waals surface area (Å²) in [7, 11) is 1.98. The lowest BCUT2D eigenvalue weighted by atomic mass is 9.65. The standard InChI is InChI=1S/C30H39BF2N8O/c1-19(2)3-4-26-25(14-37-41(26)15-20-6-9-40(10-7-20)16-27(32)33)39-29-35-8-5-24(38-29)21-11-22(13-34)28-23(12-21)30(31,18-42)17-36-28/h5,8,11-12,14,19-20,27,36,42H,3-4,6-7,9-10,15-18,31H2,1-2H3,(H,35,38,39)/t30-/m0/s1. The Balaban J connectivity index is 1.37. The van der Waals surface area contributed by atoms with Gasteiger partial charge in [0.1, 0.15) is 13.9 Å². The molecule has 0 amide bonds. The summed E-state index contributed by atoms with van der Waals surface area (Å²) in [4.78, 5) is 11.1. The lowest BCUT2D eigenvalue weighted by molar-refractivity contribution is 0.0665. The third-order valence-corrected chi connectivity index (χ3v) is 8.55. The van der Waals surface area contributed by atoms with Crippen molar-refractivity contribution in [2.24, 2.45) is 11.8 Å². The van der Waals surface area contributed by atoms with E-state index in [4.69, 9.17) is 10.1 Å². The van der Waals surface area contributed by atoms with Crippen LogP contribution in [0.5, 0.6) is 0 Å². The third-order valence-electron chi connectivity index (χ3n) is 8.55. The maximum absolute atomic E-state index is 12.8. The van der Waals surface area contributed by atoms with E-state index < -0.39 is 11.7 Å². The van der Waals surface area contributed by atoms with Gasteiger partial charge < -0.3 is 15.7 Å². The Morgan fingerprint density at radius 1 is 1.29 bits per heavy atom. The number of aliphatic hydroxyl groups is 1. The Kier molecular flexibility index (Phi) is 9.09. The van der Waals surface area contributed by atoms with Gasteiger partial charge in [-0.25, -0.2) is 18.7 Å². The molecule has 1 aromatic carbocycles. The van der Waals surface area contributed by atoms with Crippen LogP contribution in [0.25, 0.3) is 11.3 Å². The van der Waals surface area contributed by atoms with Crippen LogP contribution in [0.4, 0.5) is 26.1 Å².